The molecule has 2 rings (SSSR count). The second kappa shape index (κ2) is 5.80. The molecule has 1 amide bonds. The number of rotatable bonds is 3. The van der Waals surface area contributed by atoms with Gasteiger partial charge in [0.05, 0.1) is 11.1 Å². The van der Waals surface area contributed by atoms with E-state index >= 15 is 0 Å². The van der Waals surface area contributed by atoms with Gasteiger partial charge in [-0.1, -0.05) is 11.6 Å². The van der Waals surface area contributed by atoms with Crippen molar-refractivity contribution in [1.82, 2.24) is 9.97 Å². The van der Waals surface area contributed by atoms with Crippen LogP contribution in [0, 0.1) is 11.6 Å². The van der Waals surface area contributed by atoms with Crippen LogP contribution in [0.25, 0.3) is 0 Å². The zero-order valence-corrected chi connectivity index (χ0v) is 10.9. The van der Waals surface area contributed by atoms with Crippen molar-refractivity contribution in [2.75, 3.05) is 5.32 Å². The van der Waals surface area contributed by atoms with Gasteiger partial charge in [-0.2, -0.15) is 0 Å². The van der Waals surface area contributed by atoms with Crippen LogP contribution >= 0.6 is 11.6 Å². The summed E-state index contributed by atoms with van der Waals surface area (Å²) in [4.78, 5) is 30.2. The number of benzene rings is 1. The molecule has 0 bridgehead atoms. The van der Waals surface area contributed by atoms with Crippen molar-refractivity contribution in [1.29, 1.82) is 0 Å². The van der Waals surface area contributed by atoms with Gasteiger partial charge in [0, 0.05) is 6.07 Å². The van der Waals surface area contributed by atoms with E-state index in [1.807, 2.05) is 0 Å². The molecular weight excluding hydrogens is 308 g/mol. The van der Waals surface area contributed by atoms with Crippen LogP contribution in [-0.4, -0.2) is 27.0 Å². The fourth-order valence-electron chi connectivity index (χ4n) is 1.50. The Labute approximate surface area is 121 Å². The molecular formula is C12H6ClF2N3O3. The zero-order chi connectivity index (χ0) is 15.6. The SMILES string of the molecule is O=C(O)c1cc(F)c(F)cc1C(=O)Nc1cc(Cl)ncn1. The van der Waals surface area contributed by atoms with Crippen molar-refractivity contribution in [3.8, 4) is 0 Å². The number of aromatic nitrogens is 2. The molecule has 0 saturated heterocycles. The Balaban J connectivity index is 2.39. The molecule has 1 aromatic heterocycles. The van der Waals surface area contributed by atoms with Crippen molar-refractivity contribution in [3.63, 3.8) is 0 Å². The number of carbonyl (C=O) groups excluding carboxylic acids is 1. The van der Waals surface area contributed by atoms with Crippen LogP contribution in [0.3, 0.4) is 0 Å². The average Bonchev–Trinajstić information content (AvgIpc) is 2.41. The number of anilines is 1. The lowest BCUT2D eigenvalue weighted by Gasteiger charge is -2.08. The first kappa shape index (κ1) is 14.8. The zero-order valence-electron chi connectivity index (χ0n) is 10.1. The van der Waals surface area contributed by atoms with Gasteiger partial charge in [-0.05, 0) is 12.1 Å². The third-order valence-electron chi connectivity index (χ3n) is 2.41. The number of nitrogens with zero attached hydrogens (tertiary/aromatic N) is 2. The molecule has 0 fully saturated rings. The molecule has 0 spiro atoms. The molecule has 2 aromatic rings. The summed E-state index contributed by atoms with van der Waals surface area (Å²) >= 11 is 5.60. The number of carboxylic acids is 1. The molecule has 0 aliphatic rings. The predicted octanol–water partition coefficient (Wildman–Crippen LogP) is 2.36. The van der Waals surface area contributed by atoms with Crippen molar-refractivity contribution < 1.29 is 23.5 Å². The highest BCUT2D eigenvalue weighted by atomic mass is 35.5. The van der Waals surface area contributed by atoms with Gasteiger partial charge in [-0.15, -0.1) is 0 Å². The topological polar surface area (TPSA) is 92.2 Å². The molecule has 0 saturated carbocycles. The second-order valence-corrected chi connectivity index (χ2v) is 4.18. The van der Waals surface area contributed by atoms with E-state index in [1.54, 1.807) is 0 Å². The molecule has 0 aliphatic carbocycles. The smallest absolute Gasteiger partial charge is 0.336 e. The Hall–Kier alpha value is -2.61. The van der Waals surface area contributed by atoms with Crippen LogP contribution in [0.1, 0.15) is 20.7 Å². The summed E-state index contributed by atoms with van der Waals surface area (Å²) in [5.74, 6) is -5.26. The van der Waals surface area contributed by atoms with Crippen molar-refractivity contribution in [2.24, 2.45) is 0 Å². The van der Waals surface area contributed by atoms with Gasteiger partial charge in [0.2, 0.25) is 0 Å². The molecule has 0 aliphatic heterocycles. The van der Waals surface area contributed by atoms with E-state index in [0.29, 0.717) is 12.1 Å². The van der Waals surface area contributed by atoms with E-state index in [1.165, 1.54) is 6.07 Å². The highest BCUT2D eigenvalue weighted by Crippen LogP contribution is 2.17. The van der Waals surface area contributed by atoms with E-state index in [0.717, 1.165) is 6.33 Å². The third kappa shape index (κ3) is 3.29. The van der Waals surface area contributed by atoms with E-state index in [2.05, 4.69) is 15.3 Å². The van der Waals surface area contributed by atoms with Gasteiger partial charge < -0.3 is 10.4 Å². The van der Waals surface area contributed by atoms with E-state index in [9.17, 15) is 18.4 Å². The van der Waals surface area contributed by atoms with Crippen molar-refractivity contribution in [3.05, 3.63) is 52.4 Å². The summed E-state index contributed by atoms with van der Waals surface area (Å²) in [7, 11) is 0. The second-order valence-electron chi connectivity index (χ2n) is 3.80. The average molecular weight is 314 g/mol. The molecule has 0 atom stereocenters. The van der Waals surface area contributed by atoms with E-state index in [-0.39, 0.29) is 11.0 Å². The molecule has 6 nitrogen and oxygen atoms in total. The molecule has 9 heteroatoms. The third-order valence-corrected chi connectivity index (χ3v) is 2.62. The first-order chi connectivity index (χ1) is 9.88. The van der Waals surface area contributed by atoms with Crippen molar-refractivity contribution >= 4 is 29.3 Å². The number of nitrogens with one attached hydrogen (secondary N) is 1. The van der Waals surface area contributed by atoms with Crippen LogP contribution in [0.4, 0.5) is 14.6 Å². The molecule has 1 aromatic carbocycles. The van der Waals surface area contributed by atoms with Gasteiger partial charge in [0.15, 0.2) is 11.6 Å². The Morgan fingerprint density at radius 2 is 1.71 bits per heavy atom. The van der Waals surface area contributed by atoms with E-state index in [4.69, 9.17) is 16.7 Å². The number of carboxylic acid groups (broad SMARTS) is 1. The van der Waals surface area contributed by atoms with Crippen LogP contribution in [0.2, 0.25) is 5.15 Å². The molecule has 2 N–H and O–H groups in total. The first-order valence-corrected chi connectivity index (χ1v) is 5.77. The summed E-state index contributed by atoms with van der Waals surface area (Å²) in [6.45, 7) is 0. The number of hydrogen-bond acceptors (Lipinski definition) is 4. The summed E-state index contributed by atoms with van der Waals surface area (Å²) in [5.41, 5.74) is -1.22. The minimum atomic E-state index is -1.57. The Morgan fingerprint density at radius 3 is 2.29 bits per heavy atom. The van der Waals surface area contributed by atoms with Crippen LogP contribution in [-0.2, 0) is 0 Å². The minimum absolute atomic E-state index is 0.0129. The van der Waals surface area contributed by atoms with Gasteiger partial charge in [0.25, 0.3) is 5.91 Å². The molecule has 21 heavy (non-hydrogen) atoms. The molecule has 1 heterocycles. The first-order valence-electron chi connectivity index (χ1n) is 5.39. The number of amides is 1. The summed E-state index contributed by atoms with van der Waals surface area (Å²) in [6, 6.07) is 2.14. The minimum Gasteiger partial charge on any atom is -0.478 e. The summed E-state index contributed by atoms with van der Waals surface area (Å²) in [6.07, 6.45) is 1.07. The fraction of sp³-hybridized carbons (Fsp3) is 0. The molecule has 0 radical (unpaired) electrons. The molecule has 108 valence electrons. The predicted molar refractivity (Wildman–Crippen MR) is 68.3 cm³/mol. The maximum atomic E-state index is 13.2. The summed E-state index contributed by atoms with van der Waals surface area (Å²) < 4.78 is 26.2. The lowest BCUT2D eigenvalue weighted by Crippen LogP contribution is -2.18. The van der Waals surface area contributed by atoms with Gasteiger partial charge in [-0.25, -0.2) is 23.5 Å². The lowest BCUT2D eigenvalue weighted by molar-refractivity contribution is 0.0691. The van der Waals surface area contributed by atoms with Gasteiger partial charge in [0.1, 0.15) is 17.3 Å². The standard InChI is InChI=1S/C12H6ClF2N3O3/c13-9-3-10(17-4-16-9)18-11(19)5-1-7(14)8(15)2-6(5)12(20)21/h1-4H,(H,20,21)(H,16,17,18,19). The van der Waals surface area contributed by atoms with Crippen molar-refractivity contribution in [2.45, 2.75) is 0 Å². The van der Waals surface area contributed by atoms with Gasteiger partial charge >= 0.3 is 5.97 Å². The number of carbonyl (C=O) groups is 2. The Kier molecular flexibility index (Phi) is 4.08. The Bertz CT molecular complexity index is 740. The van der Waals surface area contributed by atoms with Crippen LogP contribution in [0.15, 0.2) is 24.5 Å². The van der Waals surface area contributed by atoms with E-state index < -0.39 is 34.6 Å². The summed E-state index contributed by atoms with van der Waals surface area (Å²) in [5, 5.41) is 11.2. The molecule has 0 unspecified atom stereocenters. The number of aromatic carboxylic acids is 1. The monoisotopic (exact) mass is 313 g/mol. The van der Waals surface area contributed by atoms with Gasteiger partial charge in [-0.3, -0.25) is 4.79 Å². The number of halogens is 3. The number of hydrogen-bond donors (Lipinski definition) is 2. The largest absolute Gasteiger partial charge is 0.478 e. The maximum Gasteiger partial charge on any atom is 0.336 e. The maximum absolute atomic E-state index is 13.2. The fourth-order valence-corrected chi connectivity index (χ4v) is 1.64. The highest BCUT2D eigenvalue weighted by molar-refractivity contribution is 6.29. The lowest BCUT2D eigenvalue weighted by atomic mass is 10.1. The normalized spacial score (nSPS) is 10.2. The van der Waals surface area contributed by atoms with Crippen LogP contribution in [0.5, 0.6) is 0 Å². The quantitative estimate of drug-likeness (QED) is 0.849. The highest BCUT2D eigenvalue weighted by Gasteiger charge is 2.20. The Morgan fingerprint density at radius 1 is 1.10 bits per heavy atom. The van der Waals surface area contributed by atoms with Crippen LogP contribution < -0.4 is 5.32 Å².